The highest BCUT2D eigenvalue weighted by Crippen LogP contribution is 2.45. The molecule has 3 aliphatic rings. The summed E-state index contributed by atoms with van der Waals surface area (Å²) in [7, 11) is 0. The summed E-state index contributed by atoms with van der Waals surface area (Å²) in [6, 6.07) is 2.00. The van der Waals surface area contributed by atoms with Crippen LogP contribution in [0.25, 0.3) is 0 Å². The quantitative estimate of drug-likeness (QED) is 0.798. The van der Waals surface area contributed by atoms with E-state index < -0.39 is 0 Å². The van der Waals surface area contributed by atoms with Gasteiger partial charge in [-0.2, -0.15) is 11.3 Å². The molecule has 0 saturated carbocycles. The molecule has 3 saturated heterocycles. The molecule has 26 heavy (non-hydrogen) atoms. The second kappa shape index (κ2) is 7.66. The summed E-state index contributed by atoms with van der Waals surface area (Å²) >= 11 is 1.61. The number of ether oxygens (including phenoxy) is 2. The van der Waals surface area contributed by atoms with Crippen molar-refractivity contribution in [3.63, 3.8) is 0 Å². The first-order valence-electron chi connectivity index (χ1n) is 9.41. The SMILES string of the molecule is O=C(Cc1ccsc1)N1C[C@@H](C(=O)N2CCOCC2)C2(CCOCC2)C1. The van der Waals surface area contributed by atoms with Gasteiger partial charge in [0.2, 0.25) is 11.8 Å². The smallest absolute Gasteiger partial charge is 0.228 e. The zero-order chi connectivity index (χ0) is 18.0. The molecule has 0 unspecified atom stereocenters. The van der Waals surface area contributed by atoms with Crippen molar-refractivity contribution < 1.29 is 19.1 Å². The number of morpholine rings is 1. The maximum absolute atomic E-state index is 13.3. The fraction of sp³-hybridized carbons (Fsp3) is 0.684. The lowest BCUT2D eigenvalue weighted by Gasteiger charge is -2.39. The molecule has 2 amide bonds. The Morgan fingerprint density at radius 3 is 2.54 bits per heavy atom. The molecule has 1 aromatic rings. The molecule has 0 bridgehead atoms. The van der Waals surface area contributed by atoms with Crippen molar-refractivity contribution in [3.8, 4) is 0 Å². The Labute approximate surface area is 158 Å². The first-order chi connectivity index (χ1) is 12.7. The molecule has 1 aromatic heterocycles. The van der Waals surface area contributed by atoms with Crippen LogP contribution in [0, 0.1) is 11.3 Å². The van der Waals surface area contributed by atoms with Crippen LogP contribution in [-0.2, 0) is 25.5 Å². The average Bonchev–Trinajstić information content (AvgIpc) is 3.31. The van der Waals surface area contributed by atoms with Crippen LogP contribution in [0.1, 0.15) is 18.4 Å². The van der Waals surface area contributed by atoms with Crippen LogP contribution < -0.4 is 0 Å². The van der Waals surface area contributed by atoms with Gasteiger partial charge in [-0.05, 0) is 35.2 Å². The minimum Gasteiger partial charge on any atom is -0.381 e. The van der Waals surface area contributed by atoms with E-state index in [1.54, 1.807) is 11.3 Å². The van der Waals surface area contributed by atoms with Crippen LogP contribution in [0.2, 0.25) is 0 Å². The standard InChI is InChI=1S/C19H26N2O4S/c22-17(11-15-1-10-26-13-15)21-12-16(18(23)20-4-8-25-9-5-20)19(14-21)2-6-24-7-3-19/h1,10,13,16H,2-9,11-12,14H2/t16-/m0/s1. The van der Waals surface area contributed by atoms with Crippen molar-refractivity contribution in [1.82, 2.24) is 9.80 Å². The third-order valence-corrected chi connectivity index (χ3v) is 6.78. The van der Waals surface area contributed by atoms with Gasteiger partial charge in [-0.15, -0.1) is 0 Å². The van der Waals surface area contributed by atoms with Gasteiger partial charge in [0.05, 0.1) is 25.6 Å². The molecule has 3 fully saturated rings. The van der Waals surface area contributed by atoms with Crippen LogP contribution in [0.5, 0.6) is 0 Å². The van der Waals surface area contributed by atoms with Crippen molar-refractivity contribution in [2.45, 2.75) is 19.3 Å². The van der Waals surface area contributed by atoms with Gasteiger partial charge in [-0.25, -0.2) is 0 Å². The van der Waals surface area contributed by atoms with Crippen LogP contribution in [0.3, 0.4) is 0 Å². The maximum atomic E-state index is 13.3. The molecule has 6 nitrogen and oxygen atoms in total. The van der Waals surface area contributed by atoms with Crippen molar-refractivity contribution >= 4 is 23.2 Å². The third-order valence-electron chi connectivity index (χ3n) is 6.05. The van der Waals surface area contributed by atoms with Gasteiger partial charge in [0.15, 0.2) is 0 Å². The normalized spacial score (nSPS) is 25.6. The summed E-state index contributed by atoms with van der Waals surface area (Å²) in [4.78, 5) is 29.9. The van der Waals surface area contributed by atoms with E-state index in [9.17, 15) is 9.59 Å². The van der Waals surface area contributed by atoms with E-state index in [0.29, 0.717) is 59.0 Å². The minimum absolute atomic E-state index is 0.115. The van der Waals surface area contributed by atoms with Gasteiger partial charge >= 0.3 is 0 Å². The van der Waals surface area contributed by atoms with E-state index in [1.165, 1.54) is 0 Å². The Hall–Kier alpha value is -1.44. The highest BCUT2D eigenvalue weighted by Gasteiger charge is 2.52. The van der Waals surface area contributed by atoms with Crippen LogP contribution >= 0.6 is 11.3 Å². The number of rotatable bonds is 3. The van der Waals surface area contributed by atoms with E-state index in [4.69, 9.17) is 9.47 Å². The van der Waals surface area contributed by atoms with Crippen LogP contribution in [0.15, 0.2) is 16.8 Å². The Morgan fingerprint density at radius 2 is 1.85 bits per heavy atom. The zero-order valence-corrected chi connectivity index (χ0v) is 15.8. The largest absolute Gasteiger partial charge is 0.381 e. The average molecular weight is 378 g/mol. The van der Waals surface area contributed by atoms with E-state index in [-0.39, 0.29) is 23.1 Å². The van der Waals surface area contributed by atoms with Crippen LogP contribution in [0.4, 0.5) is 0 Å². The Balaban J connectivity index is 1.50. The number of hydrogen-bond donors (Lipinski definition) is 0. The minimum atomic E-state index is -0.127. The van der Waals surface area contributed by atoms with Gasteiger partial charge in [0, 0.05) is 44.8 Å². The van der Waals surface area contributed by atoms with Crippen LogP contribution in [-0.4, -0.2) is 74.2 Å². The molecular weight excluding hydrogens is 352 g/mol. The first-order valence-corrected chi connectivity index (χ1v) is 10.4. The summed E-state index contributed by atoms with van der Waals surface area (Å²) < 4.78 is 11.0. The molecule has 0 radical (unpaired) electrons. The van der Waals surface area contributed by atoms with E-state index >= 15 is 0 Å². The molecule has 1 spiro atoms. The van der Waals surface area contributed by atoms with E-state index in [2.05, 4.69) is 0 Å². The lowest BCUT2D eigenvalue weighted by atomic mass is 9.71. The number of nitrogens with zero attached hydrogens (tertiary/aromatic N) is 2. The van der Waals surface area contributed by atoms with E-state index in [1.807, 2.05) is 26.6 Å². The molecule has 0 aromatic carbocycles. The highest BCUT2D eigenvalue weighted by molar-refractivity contribution is 7.08. The molecule has 1 atom stereocenters. The third kappa shape index (κ3) is 3.52. The monoisotopic (exact) mass is 378 g/mol. The van der Waals surface area contributed by atoms with Gasteiger partial charge < -0.3 is 19.3 Å². The number of carbonyl (C=O) groups excluding carboxylic acids is 2. The fourth-order valence-corrected chi connectivity index (χ4v) is 5.14. The summed E-state index contributed by atoms with van der Waals surface area (Å²) in [5.74, 6) is 0.212. The van der Waals surface area contributed by atoms with E-state index in [0.717, 1.165) is 18.4 Å². The molecule has 3 aliphatic heterocycles. The van der Waals surface area contributed by atoms with Crippen molar-refractivity contribution in [3.05, 3.63) is 22.4 Å². The summed E-state index contributed by atoms with van der Waals surface area (Å²) in [6.07, 6.45) is 2.14. The molecule has 4 heterocycles. The second-order valence-electron chi connectivity index (χ2n) is 7.55. The van der Waals surface area contributed by atoms with Crippen molar-refractivity contribution in [2.24, 2.45) is 11.3 Å². The summed E-state index contributed by atoms with van der Waals surface area (Å²) in [6.45, 7) is 5.11. The molecule has 7 heteroatoms. The Bertz CT molecular complexity index is 636. The molecule has 4 rings (SSSR count). The molecule has 0 N–H and O–H groups in total. The highest BCUT2D eigenvalue weighted by atomic mass is 32.1. The predicted molar refractivity (Wildman–Crippen MR) is 98.0 cm³/mol. The number of amides is 2. The van der Waals surface area contributed by atoms with Crippen molar-refractivity contribution in [2.75, 3.05) is 52.6 Å². The lowest BCUT2D eigenvalue weighted by Crippen LogP contribution is -2.49. The van der Waals surface area contributed by atoms with Gasteiger partial charge in [0.1, 0.15) is 0 Å². The van der Waals surface area contributed by atoms with Gasteiger partial charge in [0.25, 0.3) is 0 Å². The summed E-state index contributed by atoms with van der Waals surface area (Å²) in [5.41, 5.74) is 0.932. The number of thiophene rings is 1. The number of carbonyl (C=O) groups is 2. The topological polar surface area (TPSA) is 59.1 Å². The Kier molecular flexibility index (Phi) is 5.29. The second-order valence-corrected chi connectivity index (χ2v) is 8.33. The first kappa shape index (κ1) is 17.9. The van der Waals surface area contributed by atoms with Gasteiger partial charge in [-0.3, -0.25) is 9.59 Å². The Morgan fingerprint density at radius 1 is 1.12 bits per heavy atom. The molecular formula is C19H26N2O4S. The number of likely N-dealkylation sites (tertiary alicyclic amines) is 1. The number of hydrogen-bond acceptors (Lipinski definition) is 5. The fourth-order valence-electron chi connectivity index (χ4n) is 4.47. The van der Waals surface area contributed by atoms with Crippen molar-refractivity contribution in [1.29, 1.82) is 0 Å². The maximum Gasteiger partial charge on any atom is 0.228 e. The molecule has 0 aliphatic carbocycles. The predicted octanol–water partition coefficient (Wildman–Crippen LogP) is 1.40. The summed E-state index contributed by atoms with van der Waals surface area (Å²) in [5, 5.41) is 4.02. The van der Waals surface area contributed by atoms with Gasteiger partial charge in [-0.1, -0.05) is 0 Å². The zero-order valence-electron chi connectivity index (χ0n) is 15.0. The molecule has 142 valence electrons. The lowest BCUT2D eigenvalue weighted by molar-refractivity contribution is -0.144.